The molecule has 0 saturated carbocycles. The van der Waals surface area contributed by atoms with E-state index in [1.165, 1.54) is 11.3 Å². The first-order chi connectivity index (χ1) is 12.2. The molecule has 1 saturated heterocycles. The third-order valence-electron chi connectivity index (χ3n) is 3.60. The molecule has 1 aliphatic heterocycles. The summed E-state index contributed by atoms with van der Waals surface area (Å²) in [4.78, 5) is 26.4. The fourth-order valence-corrected chi connectivity index (χ4v) is 4.08. The zero-order valence-corrected chi connectivity index (χ0v) is 15.3. The Labute approximate surface area is 153 Å². The molecule has 1 fully saturated rings. The fraction of sp³-hybridized carbons (Fsp3) is 0.375. The van der Waals surface area contributed by atoms with Gasteiger partial charge in [0.05, 0.1) is 6.61 Å². The molecule has 3 rings (SSSR count). The number of ether oxygens (including phenoxy) is 1. The zero-order chi connectivity index (χ0) is 17.6. The Morgan fingerprint density at radius 1 is 1.40 bits per heavy atom. The maximum absolute atomic E-state index is 12.6. The van der Waals surface area contributed by atoms with Crippen LogP contribution in [0.5, 0.6) is 0 Å². The first-order valence-corrected chi connectivity index (χ1v) is 9.66. The Bertz CT molecular complexity index is 738. The number of rotatable bonds is 6. The summed E-state index contributed by atoms with van der Waals surface area (Å²) in [6.07, 6.45) is 0. The number of thioether (sulfide) groups is 1. The molecule has 1 N–H and O–H groups in total. The minimum atomic E-state index is -0.687. The molecule has 2 aromatic rings. The largest absolute Gasteiger partial charge is 0.369 e. The zero-order valence-electron chi connectivity index (χ0n) is 13.7. The van der Waals surface area contributed by atoms with Crippen LogP contribution in [0, 0.1) is 0 Å². The SMILES string of the molecule is CCSc1nnc(NC(=O)[C@@H]2COCC(=O)N2Cc2ccccc2)s1. The van der Waals surface area contributed by atoms with Crippen LogP contribution in [0.25, 0.3) is 0 Å². The van der Waals surface area contributed by atoms with E-state index in [1.54, 1.807) is 16.7 Å². The fourth-order valence-electron chi connectivity index (χ4n) is 2.43. The Hall–Kier alpha value is -1.97. The number of hydrogen-bond acceptors (Lipinski definition) is 7. The van der Waals surface area contributed by atoms with Gasteiger partial charge < -0.3 is 9.64 Å². The molecule has 7 nitrogen and oxygen atoms in total. The van der Waals surface area contributed by atoms with Crippen LogP contribution < -0.4 is 5.32 Å². The van der Waals surface area contributed by atoms with Gasteiger partial charge in [-0.3, -0.25) is 14.9 Å². The quantitative estimate of drug-likeness (QED) is 0.611. The molecule has 2 heterocycles. The third kappa shape index (κ3) is 4.56. The van der Waals surface area contributed by atoms with Crippen LogP contribution in [0.1, 0.15) is 12.5 Å². The number of nitrogens with zero attached hydrogens (tertiary/aromatic N) is 3. The number of aromatic nitrogens is 2. The summed E-state index contributed by atoms with van der Waals surface area (Å²) < 4.78 is 6.08. The second kappa shape index (κ2) is 8.41. The molecule has 9 heteroatoms. The van der Waals surface area contributed by atoms with Crippen molar-refractivity contribution in [2.75, 3.05) is 24.3 Å². The van der Waals surface area contributed by atoms with Gasteiger partial charge in [0.15, 0.2) is 4.34 Å². The van der Waals surface area contributed by atoms with Crippen molar-refractivity contribution in [3.63, 3.8) is 0 Å². The minimum Gasteiger partial charge on any atom is -0.369 e. The van der Waals surface area contributed by atoms with Gasteiger partial charge in [-0.1, -0.05) is 60.4 Å². The van der Waals surface area contributed by atoms with E-state index in [-0.39, 0.29) is 25.0 Å². The summed E-state index contributed by atoms with van der Waals surface area (Å²) in [5, 5.41) is 11.2. The van der Waals surface area contributed by atoms with Crippen LogP contribution in [-0.4, -0.2) is 51.9 Å². The van der Waals surface area contributed by atoms with Crippen molar-refractivity contribution >= 4 is 40.0 Å². The summed E-state index contributed by atoms with van der Waals surface area (Å²) in [5.74, 6) is 0.376. The van der Waals surface area contributed by atoms with Crippen LogP contribution in [-0.2, 0) is 20.9 Å². The average Bonchev–Trinajstić information content (AvgIpc) is 3.05. The van der Waals surface area contributed by atoms with Crippen LogP contribution in [0.2, 0.25) is 0 Å². The van der Waals surface area contributed by atoms with Gasteiger partial charge in [0.1, 0.15) is 12.6 Å². The first-order valence-electron chi connectivity index (χ1n) is 7.85. The smallest absolute Gasteiger partial charge is 0.251 e. The Kier molecular flexibility index (Phi) is 6.00. The van der Waals surface area contributed by atoms with Gasteiger partial charge >= 0.3 is 0 Å². The summed E-state index contributed by atoms with van der Waals surface area (Å²) in [5.41, 5.74) is 0.966. The van der Waals surface area contributed by atoms with Crippen molar-refractivity contribution in [1.29, 1.82) is 0 Å². The lowest BCUT2D eigenvalue weighted by atomic mass is 10.1. The van der Waals surface area contributed by atoms with Crippen molar-refractivity contribution < 1.29 is 14.3 Å². The Balaban J connectivity index is 1.70. The van der Waals surface area contributed by atoms with Crippen molar-refractivity contribution in [3.8, 4) is 0 Å². The maximum atomic E-state index is 12.6. The average molecular weight is 378 g/mol. The van der Waals surface area contributed by atoms with Gasteiger partial charge in [-0.05, 0) is 11.3 Å². The van der Waals surface area contributed by atoms with E-state index in [2.05, 4.69) is 15.5 Å². The summed E-state index contributed by atoms with van der Waals surface area (Å²) in [6, 6.07) is 8.89. The molecule has 0 aliphatic carbocycles. The van der Waals surface area contributed by atoms with Crippen LogP contribution in [0.4, 0.5) is 5.13 Å². The van der Waals surface area contributed by atoms with E-state index in [0.717, 1.165) is 15.7 Å². The highest BCUT2D eigenvalue weighted by molar-refractivity contribution is 8.01. The number of carbonyl (C=O) groups is 2. The van der Waals surface area contributed by atoms with E-state index in [4.69, 9.17) is 4.74 Å². The lowest BCUT2D eigenvalue weighted by molar-refractivity contribution is -0.154. The second-order valence-corrected chi connectivity index (χ2v) is 7.82. The standard InChI is InChI=1S/C16H18N4O3S2/c1-2-24-16-19-18-15(25-16)17-14(22)12-9-23-10-13(21)20(12)8-11-6-4-3-5-7-11/h3-7,12H,2,8-10H2,1H3,(H,17,18,22)/t12-/m0/s1. The molecule has 1 aliphatic rings. The van der Waals surface area contributed by atoms with E-state index in [1.807, 2.05) is 37.3 Å². The van der Waals surface area contributed by atoms with E-state index >= 15 is 0 Å². The summed E-state index contributed by atoms with van der Waals surface area (Å²) in [7, 11) is 0. The van der Waals surface area contributed by atoms with Crippen molar-refractivity contribution in [3.05, 3.63) is 35.9 Å². The van der Waals surface area contributed by atoms with Crippen molar-refractivity contribution in [1.82, 2.24) is 15.1 Å². The summed E-state index contributed by atoms with van der Waals surface area (Å²) in [6.45, 7) is 2.55. The predicted octanol–water partition coefficient (Wildman–Crippen LogP) is 2.02. The van der Waals surface area contributed by atoms with E-state index in [0.29, 0.717) is 11.7 Å². The first kappa shape index (κ1) is 17.8. The van der Waals surface area contributed by atoms with Crippen LogP contribution in [0.3, 0.4) is 0 Å². The molecule has 1 aromatic heterocycles. The lowest BCUT2D eigenvalue weighted by Crippen LogP contribution is -2.54. The number of anilines is 1. The highest BCUT2D eigenvalue weighted by Gasteiger charge is 2.34. The Morgan fingerprint density at radius 3 is 2.96 bits per heavy atom. The molecule has 0 bridgehead atoms. The molecular weight excluding hydrogens is 360 g/mol. The number of morpholine rings is 1. The van der Waals surface area contributed by atoms with Gasteiger partial charge in [0.25, 0.3) is 5.91 Å². The van der Waals surface area contributed by atoms with Crippen LogP contribution in [0.15, 0.2) is 34.7 Å². The van der Waals surface area contributed by atoms with Gasteiger partial charge in [-0.25, -0.2) is 0 Å². The molecule has 0 radical (unpaired) electrons. The highest BCUT2D eigenvalue weighted by Crippen LogP contribution is 2.25. The predicted molar refractivity (Wildman–Crippen MR) is 96.5 cm³/mol. The molecule has 0 spiro atoms. The maximum Gasteiger partial charge on any atom is 0.251 e. The van der Waals surface area contributed by atoms with Gasteiger partial charge in [-0.2, -0.15) is 0 Å². The molecule has 2 amide bonds. The number of benzene rings is 1. The monoisotopic (exact) mass is 378 g/mol. The van der Waals surface area contributed by atoms with E-state index < -0.39 is 6.04 Å². The molecule has 0 unspecified atom stereocenters. The Morgan fingerprint density at radius 2 is 2.20 bits per heavy atom. The number of amides is 2. The van der Waals surface area contributed by atoms with Gasteiger partial charge in [0, 0.05) is 6.54 Å². The third-order valence-corrected chi connectivity index (χ3v) is 5.45. The second-order valence-electron chi connectivity index (χ2n) is 5.33. The number of hydrogen-bond donors (Lipinski definition) is 1. The van der Waals surface area contributed by atoms with Gasteiger partial charge in [0.2, 0.25) is 11.0 Å². The summed E-state index contributed by atoms with van der Waals surface area (Å²) >= 11 is 2.89. The minimum absolute atomic E-state index is 0.00723. The topological polar surface area (TPSA) is 84.4 Å². The molecular formula is C16H18N4O3S2. The highest BCUT2D eigenvalue weighted by atomic mass is 32.2. The normalized spacial score (nSPS) is 17.6. The molecule has 132 valence electrons. The molecule has 25 heavy (non-hydrogen) atoms. The number of carbonyl (C=O) groups excluding carboxylic acids is 2. The van der Waals surface area contributed by atoms with Gasteiger partial charge in [-0.15, -0.1) is 10.2 Å². The number of nitrogens with one attached hydrogen (secondary N) is 1. The lowest BCUT2D eigenvalue weighted by Gasteiger charge is -2.34. The molecule has 1 aromatic carbocycles. The van der Waals surface area contributed by atoms with Crippen molar-refractivity contribution in [2.45, 2.75) is 23.8 Å². The van der Waals surface area contributed by atoms with E-state index in [9.17, 15) is 9.59 Å². The van der Waals surface area contributed by atoms with Crippen molar-refractivity contribution in [2.24, 2.45) is 0 Å². The van der Waals surface area contributed by atoms with Crippen LogP contribution >= 0.6 is 23.1 Å². The molecule has 1 atom stereocenters.